The molecule has 2 aliphatic rings. The summed E-state index contributed by atoms with van der Waals surface area (Å²) in [6.07, 6.45) is 0.920. The monoisotopic (exact) mass is 326 g/mol. The molecule has 2 atom stereocenters. The van der Waals surface area contributed by atoms with Crippen molar-refractivity contribution < 1.29 is 19.4 Å². The molecule has 3 rings (SSSR count). The summed E-state index contributed by atoms with van der Waals surface area (Å²) in [5, 5.41) is 10.5. The molecule has 2 aliphatic heterocycles. The second-order valence-corrected chi connectivity index (χ2v) is 5.69. The van der Waals surface area contributed by atoms with Crippen LogP contribution in [0.1, 0.15) is 24.5 Å². The fraction of sp³-hybridized carbons (Fsp3) is 0.533. The van der Waals surface area contributed by atoms with Crippen LogP contribution in [-0.4, -0.2) is 48.3 Å². The first-order valence-electron chi connectivity index (χ1n) is 7.43. The predicted molar refractivity (Wildman–Crippen MR) is 81.0 cm³/mol. The molecule has 0 spiro atoms. The lowest BCUT2D eigenvalue weighted by molar-refractivity contribution is -0.134. The van der Waals surface area contributed by atoms with Crippen LogP contribution in [0.2, 0.25) is 0 Å². The van der Waals surface area contributed by atoms with Crippen LogP contribution >= 0.6 is 11.8 Å². The van der Waals surface area contributed by atoms with E-state index in [2.05, 4.69) is 4.84 Å². The average Bonchev–Trinajstić information content (AvgIpc) is 3.09. The third-order valence-electron chi connectivity index (χ3n) is 4.02. The topological polar surface area (TPSA) is 71.0 Å². The van der Waals surface area contributed by atoms with Crippen LogP contribution in [0.3, 0.4) is 0 Å². The maximum atomic E-state index is 12.4. The van der Waals surface area contributed by atoms with Crippen molar-refractivity contribution >= 4 is 17.7 Å². The van der Waals surface area contributed by atoms with Gasteiger partial charge in [-0.05, 0) is 42.3 Å². The highest BCUT2D eigenvalue weighted by Crippen LogP contribution is 2.33. The number of carbonyl (C=O) groups excluding carboxylic acids is 1. The molecule has 0 aliphatic carbocycles. The number of nitrogens with one attached hydrogen (secondary N) is 1. The molecule has 0 saturated carbocycles. The van der Waals surface area contributed by atoms with Gasteiger partial charge in [0.15, 0.2) is 11.5 Å². The van der Waals surface area contributed by atoms with E-state index in [4.69, 9.17) is 21.3 Å². The van der Waals surface area contributed by atoms with Gasteiger partial charge in [0.1, 0.15) is 25.4 Å². The van der Waals surface area contributed by atoms with Gasteiger partial charge in [-0.15, -0.1) is 0 Å². The number of ether oxygens (including phenoxy) is 2. The smallest absolute Gasteiger partial charge is 0.244 e. The van der Waals surface area contributed by atoms with Crippen molar-refractivity contribution in [3.63, 3.8) is 0 Å². The first kappa shape index (κ1) is 15.4. The van der Waals surface area contributed by atoms with E-state index in [0.29, 0.717) is 43.4 Å². The molecule has 1 saturated heterocycles. The highest BCUT2D eigenvalue weighted by atomic mass is 35.5. The Morgan fingerprint density at radius 2 is 1.91 bits per heavy atom. The van der Waals surface area contributed by atoms with Crippen molar-refractivity contribution in [2.45, 2.75) is 25.0 Å². The number of fused-ring (bicyclic) bond motifs is 1. The molecule has 0 radical (unpaired) electrons. The number of benzene rings is 1. The maximum Gasteiger partial charge on any atom is 0.244 e. The third kappa shape index (κ3) is 2.99. The Hall–Kier alpha value is -1.50. The molecule has 0 bridgehead atoms. The minimum absolute atomic E-state index is 0.185. The molecule has 7 heteroatoms. The predicted octanol–water partition coefficient (Wildman–Crippen LogP) is 1.23. The molecule has 0 aromatic heterocycles. The Bertz CT molecular complexity index is 548. The molecule has 1 aromatic rings. The maximum absolute atomic E-state index is 12.4. The lowest BCUT2D eigenvalue weighted by Gasteiger charge is -2.26. The number of rotatable bonds is 4. The van der Waals surface area contributed by atoms with E-state index in [1.807, 2.05) is 0 Å². The van der Waals surface area contributed by atoms with Gasteiger partial charge in [-0.1, -0.05) is 6.07 Å². The van der Waals surface area contributed by atoms with Crippen LogP contribution in [0.15, 0.2) is 18.2 Å². The summed E-state index contributed by atoms with van der Waals surface area (Å²) < 4.78 is 11.0. The average molecular weight is 327 g/mol. The number of hydrogen-bond donors (Lipinski definition) is 2. The second-order valence-electron chi connectivity index (χ2n) is 5.47. The quantitative estimate of drug-likeness (QED) is 0.814. The van der Waals surface area contributed by atoms with Crippen molar-refractivity contribution in [2.24, 2.45) is 0 Å². The summed E-state index contributed by atoms with van der Waals surface area (Å²) >= 11 is 5.72. The van der Waals surface area contributed by atoms with E-state index in [1.165, 1.54) is 0 Å². The molecule has 1 fully saturated rings. The Morgan fingerprint density at radius 1 is 1.23 bits per heavy atom. The van der Waals surface area contributed by atoms with Crippen LogP contribution in [0.4, 0.5) is 0 Å². The van der Waals surface area contributed by atoms with Crippen LogP contribution in [0, 0.1) is 0 Å². The highest BCUT2D eigenvalue weighted by Gasteiger charge is 2.33. The van der Waals surface area contributed by atoms with Gasteiger partial charge in [-0.3, -0.25) is 4.79 Å². The molecule has 22 heavy (non-hydrogen) atoms. The largest absolute Gasteiger partial charge is 0.486 e. The van der Waals surface area contributed by atoms with E-state index in [0.717, 1.165) is 12.8 Å². The molecule has 2 heterocycles. The first-order chi connectivity index (χ1) is 10.7. The number of aliphatic hydroxyl groups is 1. The summed E-state index contributed by atoms with van der Waals surface area (Å²) in [5.74, 6) is 1.03. The molecule has 6 nitrogen and oxygen atoms in total. The summed E-state index contributed by atoms with van der Waals surface area (Å²) in [6, 6.07) is 4.26. The number of carbonyl (C=O) groups is 1. The Balaban J connectivity index is 1.78. The minimum atomic E-state index is -1.05. The van der Waals surface area contributed by atoms with E-state index in [-0.39, 0.29) is 5.91 Å². The number of aliphatic hydroxyl groups excluding tert-OH is 1. The summed E-state index contributed by atoms with van der Waals surface area (Å²) in [6.45, 7) is 2.40. The molecular formula is C15H19ClN2O4. The van der Waals surface area contributed by atoms with Crippen molar-refractivity contribution in [3.05, 3.63) is 23.8 Å². The Labute approximate surface area is 134 Å². The van der Waals surface area contributed by atoms with Gasteiger partial charge in [0.25, 0.3) is 0 Å². The SMILES string of the molecule is O=C([C@H](NCl)[C@@H](O)c1ccc2c(c1)OCCO2)N1CCCC1. The first-order valence-corrected chi connectivity index (χ1v) is 7.81. The molecule has 0 unspecified atom stereocenters. The van der Waals surface area contributed by atoms with Crippen molar-refractivity contribution in [3.8, 4) is 11.5 Å². The van der Waals surface area contributed by atoms with Crippen LogP contribution in [-0.2, 0) is 4.79 Å². The van der Waals surface area contributed by atoms with Crippen LogP contribution in [0.25, 0.3) is 0 Å². The standard InChI is InChI=1S/C15H19ClN2O4/c16-17-13(15(20)18-5-1-2-6-18)14(19)10-3-4-11-12(9-10)22-8-7-21-11/h3-4,9,13-14,17,19H,1-2,5-8H2/t13-,14+/m1/s1. The zero-order valence-corrected chi connectivity index (χ0v) is 12.9. The van der Waals surface area contributed by atoms with Gasteiger partial charge >= 0.3 is 0 Å². The van der Waals surface area contributed by atoms with Crippen molar-refractivity contribution in [2.75, 3.05) is 26.3 Å². The number of amides is 1. The van der Waals surface area contributed by atoms with E-state index < -0.39 is 12.1 Å². The minimum Gasteiger partial charge on any atom is -0.486 e. The lowest BCUT2D eigenvalue weighted by atomic mass is 10.0. The van der Waals surface area contributed by atoms with Gasteiger partial charge < -0.3 is 19.5 Å². The summed E-state index contributed by atoms with van der Waals surface area (Å²) in [4.78, 5) is 16.6. The molecule has 120 valence electrons. The van der Waals surface area contributed by atoms with Gasteiger partial charge in [0.2, 0.25) is 5.91 Å². The normalized spacial score (nSPS) is 19.8. The van der Waals surface area contributed by atoms with E-state index >= 15 is 0 Å². The van der Waals surface area contributed by atoms with Gasteiger partial charge in [0.05, 0.1) is 0 Å². The van der Waals surface area contributed by atoms with E-state index in [9.17, 15) is 9.90 Å². The fourth-order valence-corrected chi connectivity index (χ4v) is 3.02. The lowest BCUT2D eigenvalue weighted by Crippen LogP contribution is -2.46. The second kappa shape index (κ2) is 6.73. The third-order valence-corrected chi connectivity index (χ3v) is 4.26. The summed E-state index contributed by atoms with van der Waals surface area (Å²) in [7, 11) is 0. The molecule has 1 aromatic carbocycles. The number of nitrogens with zero attached hydrogens (tertiary/aromatic N) is 1. The fourth-order valence-electron chi connectivity index (χ4n) is 2.81. The Kier molecular flexibility index (Phi) is 4.71. The zero-order valence-electron chi connectivity index (χ0n) is 12.1. The van der Waals surface area contributed by atoms with Crippen molar-refractivity contribution in [1.29, 1.82) is 0 Å². The molecule has 1 amide bonds. The van der Waals surface area contributed by atoms with Crippen LogP contribution in [0.5, 0.6) is 11.5 Å². The molecule has 2 N–H and O–H groups in total. The van der Waals surface area contributed by atoms with E-state index in [1.54, 1.807) is 23.1 Å². The van der Waals surface area contributed by atoms with Crippen LogP contribution < -0.4 is 14.3 Å². The highest BCUT2D eigenvalue weighted by molar-refractivity contribution is 6.15. The number of likely N-dealkylation sites (tertiary alicyclic amines) is 1. The number of hydrogen-bond acceptors (Lipinski definition) is 5. The van der Waals surface area contributed by atoms with Gasteiger partial charge in [-0.2, -0.15) is 0 Å². The number of halogens is 1. The molecular weight excluding hydrogens is 308 g/mol. The summed E-state index contributed by atoms with van der Waals surface area (Å²) in [5.41, 5.74) is 0.565. The van der Waals surface area contributed by atoms with Gasteiger partial charge in [-0.25, -0.2) is 4.84 Å². The Morgan fingerprint density at radius 3 is 2.59 bits per heavy atom. The zero-order chi connectivity index (χ0) is 15.5. The van der Waals surface area contributed by atoms with Crippen molar-refractivity contribution in [1.82, 2.24) is 9.74 Å². The van der Waals surface area contributed by atoms with Gasteiger partial charge in [0, 0.05) is 13.1 Å².